The number of aryl methyl sites for hydroxylation is 2. The van der Waals surface area contributed by atoms with Gasteiger partial charge in [0.1, 0.15) is 0 Å². The second-order valence-corrected chi connectivity index (χ2v) is 6.53. The van der Waals surface area contributed by atoms with Gasteiger partial charge in [0, 0.05) is 0 Å². The lowest BCUT2D eigenvalue weighted by Crippen LogP contribution is -2.34. The fraction of sp³-hybridized carbons (Fsp3) is 0.333. The Labute approximate surface area is 148 Å². The first kappa shape index (κ1) is 17.2. The number of fused-ring (bicyclic) bond motifs is 1. The summed E-state index contributed by atoms with van der Waals surface area (Å²) in [6, 6.07) is 15.9. The molecule has 4 heteroatoms. The molecule has 25 heavy (non-hydrogen) atoms. The monoisotopic (exact) mass is 337 g/mol. The summed E-state index contributed by atoms with van der Waals surface area (Å²) in [6.07, 6.45) is 3.20. The minimum absolute atomic E-state index is 0.00764. The number of ether oxygens (including phenoxy) is 1. The van der Waals surface area contributed by atoms with Crippen molar-refractivity contribution in [1.29, 1.82) is 0 Å². The summed E-state index contributed by atoms with van der Waals surface area (Å²) < 4.78 is 5.12. The molecule has 0 radical (unpaired) electrons. The molecule has 0 unspecified atom stereocenters. The first-order valence-electron chi connectivity index (χ1n) is 8.70. The van der Waals surface area contributed by atoms with Gasteiger partial charge in [0.25, 0.3) is 5.91 Å². The lowest BCUT2D eigenvalue weighted by Gasteiger charge is -2.26. The van der Waals surface area contributed by atoms with Crippen LogP contribution in [0.15, 0.2) is 48.5 Å². The molecule has 0 saturated heterocycles. The molecule has 3 rings (SSSR count). The lowest BCUT2D eigenvalue weighted by atomic mass is 9.88. The number of nitrogens with one attached hydrogen (secondary N) is 1. The topological polar surface area (TPSA) is 55.4 Å². The van der Waals surface area contributed by atoms with Gasteiger partial charge in [-0.3, -0.25) is 9.59 Å². The molecular formula is C21H23NO3. The Balaban J connectivity index is 1.48. The van der Waals surface area contributed by atoms with Gasteiger partial charge in [0.05, 0.1) is 12.5 Å². The van der Waals surface area contributed by atoms with Gasteiger partial charge in [0.2, 0.25) is 0 Å². The molecule has 0 aliphatic heterocycles. The first-order chi connectivity index (χ1) is 12.1. The molecule has 0 saturated carbocycles. The van der Waals surface area contributed by atoms with Crippen molar-refractivity contribution in [3.05, 3.63) is 70.8 Å². The highest BCUT2D eigenvalue weighted by Crippen LogP contribution is 2.29. The van der Waals surface area contributed by atoms with Crippen molar-refractivity contribution in [1.82, 2.24) is 5.32 Å². The van der Waals surface area contributed by atoms with Gasteiger partial charge < -0.3 is 10.1 Å². The SMILES string of the molecule is Cc1ccc(CC(=O)OCC(=O)N[C@H]2CCCc3ccccc32)cc1. The molecule has 0 bridgehead atoms. The van der Waals surface area contributed by atoms with Crippen molar-refractivity contribution >= 4 is 11.9 Å². The molecule has 1 aliphatic rings. The molecule has 1 N–H and O–H groups in total. The highest BCUT2D eigenvalue weighted by molar-refractivity contribution is 5.81. The Hall–Kier alpha value is -2.62. The second kappa shape index (κ2) is 7.97. The number of carbonyl (C=O) groups excluding carboxylic acids is 2. The lowest BCUT2D eigenvalue weighted by molar-refractivity contribution is -0.148. The van der Waals surface area contributed by atoms with Crippen LogP contribution in [0.1, 0.15) is 41.1 Å². The summed E-state index contributed by atoms with van der Waals surface area (Å²) in [6.45, 7) is 1.76. The van der Waals surface area contributed by atoms with Crippen molar-refractivity contribution in [3.63, 3.8) is 0 Å². The van der Waals surface area contributed by atoms with E-state index in [0.717, 1.165) is 30.4 Å². The fourth-order valence-electron chi connectivity index (χ4n) is 3.21. The van der Waals surface area contributed by atoms with E-state index in [1.165, 1.54) is 11.1 Å². The summed E-state index contributed by atoms with van der Waals surface area (Å²) in [5.41, 5.74) is 4.49. The highest BCUT2D eigenvalue weighted by Gasteiger charge is 2.21. The van der Waals surface area contributed by atoms with E-state index in [9.17, 15) is 9.59 Å². The second-order valence-electron chi connectivity index (χ2n) is 6.53. The quantitative estimate of drug-likeness (QED) is 0.852. The number of rotatable bonds is 5. The van der Waals surface area contributed by atoms with E-state index in [1.807, 2.05) is 43.3 Å². The summed E-state index contributed by atoms with van der Waals surface area (Å²) in [4.78, 5) is 24.0. The number of esters is 1. The predicted octanol–water partition coefficient (Wildman–Crippen LogP) is 3.27. The highest BCUT2D eigenvalue weighted by atomic mass is 16.5. The zero-order valence-electron chi connectivity index (χ0n) is 14.5. The van der Waals surface area contributed by atoms with Gasteiger partial charge in [-0.05, 0) is 42.9 Å². The molecule has 1 amide bonds. The van der Waals surface area contributed by atoms with Crippen molar-refractivity contribution in [2.24, 2.45) is 0 Å². The van der Waals surface area contributed by atoms with E-state index in [-0.39, 0.29) is 30.9 Å². The Bertz CT molecular complexity index is 752. The van der Waals surface area contributed by atoms with Crippen LogP contribution in [-0.4, -0.2) is 18.5 Å². The average molecular weight is 337 g/mol. The van der Waals surface area contributed by atoms with E-state index < -0.39 is 0 Å². The fourth-order valence-corrected chi connectivity index (χ4v) is 3.21. The summed E-state index contributed by atoms with van der Waals surface area (Å²) in [5, 5.41) is 2.99. The van der Waals surface area contributed by atoms with Crippen LogP contribution in [0, 0.1) is 6.92 Å². The number of benzene rings is 2. The maximum Gasteiger partial charge on any atom is 0.310 e. The van der Waals surface area contributed by atoms with Crippen molar-refractivity contribution in [2.45, 2.75) is 38.6 Å². The Kier molecular flexibility index (Phi) is 5.49. The minimum Gasteiger partial charge on any atom is -0.455 e. The van der Waals surface area contributed by atoms with E-state index in [0.29, 0.717) is 0 Å². The van der Waals surface area contributed by atoms with Crippen LogP contribution in [0.25, 0.3) is 0 Å². The summed E-state index contributed by atoms with van der Waals surface area (Å²) in [7, 11) is 0. The number of carbonyl (C=O) groups is 2. The van der Waals surface area contributed by atoms with Gasteiger partial charge >= 0.3 is 5.97 Å². The molecular weight excluding hydrogens is 314 g/mol. The van der Waals surface area contributed by atoms with E-state index in [1.54, 1.807) is 0 Å². The van der Waals surface area contributed by atoms with Crippen LogP contribution < -0.4 is 5.32 Å². The van der Waals surface area contributed by atoms with Crippen molar-refractivity contribution < 1.29 is 14.3 Å². The zero-order valence-corrected chi connectivity index (χ0v) is 14.5. The molecule has 0 spiro atoms. The molecule has 1 atom stereocenters. The van der Waals surface area contributed by atoms with Crippen LogP contribution in [0.5, 0.6) is 0 Å². The smallest absolute Gasteiger partial charge is 0.310 e. The Morgan fingerprint density at radius 3 is 2.68 bits per heavy atom. The maximum absolute atomic E-state index is 12.1. The van der Waals surface area contributed by atoms with Crippen LogP contribution in [0.2, 0.25) is 0 Å². The van der Waals surface area contributed by atoms with E-state index in [4.69, 9.17) is 4.74 Å². The standard InChI is InChI=1S/C21H23NO3/c1-15-9-11-16(12-10-15)13-21(24)25-14-20(23)22-19-8-4-6-17-5-2-3-7-18(17)19/h2-3,5,7,9-12,19H,4,6,8,13-14H2,1H3,(H,22,23)/t19-/m0/s1. The molecule has 2 aromatic rings. The molecule has 130 valence electrons. The van der Waals surface area contributed by atoms with E-state index in [2.05, 4.69) is 17.4 Å². The maximum atomic E-state index is 12.1. The molecule has 0 heterocycles. The van der Waals surface area contributed by atoms with Crippen LogP contribution in [-0.2, 0) is 27.2 Å². The van der Waals surface area contributed by atoms with Gasteiger partial charge in [-0.15, -0.1) is 0 Å². The molecule has 1 aliphatic carbocycles. The Morgan fingerprint density at radius 1 is 1.12 bits per heavy atom. The molecule has 0 aromatic heterocycles. The summed E-state index contributed by atoms with van der Waals surface area (Å²) in [5.74, 6) is -0.637. The average Bonchev–Trinajstić information content (AvgIpc) is 2.62. The van der Waals surface area contributed by atoms with Gasteiger partial charge in [-0.2, -0.15) is 0 Å². The molecule has 0 fully saturated rings. The Morgan fingerprint density at radius 2 is 1.88 bits per heavy atom. The first-order valence-corrected chi connectivity index (χ1v) is 8.70. The van der Waals surface area contributed by atoms with Crippen molar-refractivity contribution in [3.8, 4) is 0 Å². The third-order valence-electron chi connectivity index (χ3n) is 4.54. The normalized spacial score (nSPS) is 16.0. The largest absolute Gasteiger partial charge is 0.455 e. The zero-order chi connectivity index (χ0) is 17.6. The van der Waals surface area contributed by atoms with Crippen molar-refractivity contribution in [2.75, 3.05) is 6.61 Å². The van der Waals surface area contributed by atoms with Crippen LogP contribution >= 0.6 is 0 Å². The minimum atomic E-state index is -0.386. The number of hydrogen-bond acceptors (Lipinski definition) is 3. The molecule has 4 nitrogen and oxygen atoms in total. The molecule has 2 aromatic carbocycles. The number of amides is 1. The number of hydrogen-bond donors (Lipinski definition) is 1. The van der Waals surface area contributed by atoms with Crippen LogP contribution in [0.3, 0.4) is 0 Å². The summed E-state index contributed by atoms with van der Waals surface area (Å²) >= 11 is 0. The van der Waals surface area contributed by atoms with Gasteiger partial charge in [-0.25, -0.2) is 0 Å². The van der Waals surface area contributed by atoms with Gasteiger partial charge in [0.15, 0.2) is 6.61 Å². The predicted molar refractivity (Wildman–Crippen MR) is 96.1 cm³/mol. The van der Waals surface area contributed by atoms with Gasteiger partial charge in [-0.1, -0.05) is 54.1 Å². The third kappa shape index (κ3) is 4.69. The third-order valence-corrected chi connectivity index (χ3v) is 4.54. The van der Waals surface area contributed by atoms with E-state index >= 15 is 0 Å². The van der Waals surface area contributed by atoms with Crippen LogP contribution in [0.4, 0.5) is 0 Å².